The van der Waals surface area contributed by atoms with E-state index in [1.54, 1.807) is 0 Å². The average Bonchev–Trinajstić information content (AvgIpc) is 2.39. The van der Waals surface area contributed by atoms with E-state index in [9.17, 15) is 9.59 Å². The Bertz CT molecular complexity index is 555. The number of rotatable bonds is 4. The van der Waals surface area contributed by atoms with Gasteiger partial charge in [-0.2, -0.15) is 0 Å². The predicted octanol–water partition coefficient (Wildman–Crippen LogP) is 2.34. The van der Waals surface area contributed by atoms with E-state index in [1.165, 1.54) is 5.56 Å². The monoisotopic (exact) mass is 350 g/mol. The van der Waals surface area contributed by atoms with Gasteiger partial charge in [-0.25, -0.2) is 0 Å². The first-order valence-corrected chi connectivity index (χ1v) is 8.23. The molecule has 1 aliphatic carbocycles. The lowest BCUT2D eigenvalue weighted by atomic mass is 9.75. The van der Waals surface area contributed by atoms with Gasteiger partial charge in [-0.15, -0.1) is 0 Å². The summed E-state index contributed by atoms with van der Waals surface area (Å²) in [5, 5.41) is 5.87. The Labute approximate surface area is 132 Å². The van der Waals surface area contributed by atoms with Gasteiger partial charge in [-0.3, -0.25) is 14.9 Å². The molecule has 1 saturated carbocycles. The molecule has 4 nitrogen and oxygen atoms in total. The number of piperidine rings is 1. The fraction of sp³-hybridized carbons (Fsp3) is 0.500. The minimum atomic E-state index is -0.144. The van der Waals surface area contributed by atoms with Crippen LogP contribution in [0.2, 0.25) is 0 Å². The van der Waals surface area contributed by atoms with Crippen LogP contribution in [0.3, 0.4) is 0 Å². The van der Waals surface area contributed by atoms with Crippen molar-refractivity contribution in [1.82, 2.24) is 10.6 Å². The van der Waals surface area contributed by atoms with E-state index in [4.69, 9.17) is 0 Å². The second-order valence-electron chi connectivity index (χ2n) is 5.98. The zero-order valence-corrected chi connectivity index (χ0v) is 13.4. The van der Waals surface area contributed by atoms with Crippen molar-refractivity contribution in [3.8, 4) is 0 Å². The summed E-state index contributed by atoms with van der Waals surface area (Å²) in [6.45, 7) is 0.676. The van der Waals surface area contributed by atoms with Gasteiger partial charge in [0.05, 0.1) is 5.92 Å². The first kappa shape index (κ1) is 14.7. The molecule has 1 atom stereocenters. The molecule has 1 aromatic rings. The van der Waals surface area contributed by atoms with Crippen LogP contribution in [0.1, 0.15) is 37.2 Å². The van der Waals surface area contributed by atoms with Gasteiger partial charge in [0.25, 0.3) is 0 Å². The molecule has 0 bridgehead atoms. The molecule has 112 valence electrons. The Kier molecular flexibility index (Phi) is 4.40. The standard InChI is InChI=1S/C16H19BrN2O2/c17-13-3-1-2-10(6-13)12-7-14(8-12)18-9-11-4-5-15(20)19-16(11)21/h1-3,6,11-12,14,18H,4-5,7-9H2,(H,19,20,21). The van der Waals surface area contributed by atoms with Crippen LogP contribution in [-0.4, -0.2) is 24.4 Å². The van der Waals surface area contributed by atoms with Crippen molar-refractivity contribution in [2.45, 2.75) is 37.6 Å². The topological polar surface area (TPSA) is 58.2 Å². The molecule has 2 fully saturated rings. The van der Waals surface area contributed by atoms with Crippen LogP contribution < -0.4 is 10.6 Å². The molecule has 1 aromatic carbocycles. The Morgan fingerprint density at radius 1 is 1.29 bits per heavy atom. The summed E-state index contributed by atoms with van der Waals surface area (Å²) in [5.74, 6) is 0.283. The summed E-state index contributed by atoms with van der Waals surface area (Å²) < 4.78 is 1.12. The largest absolute Gasteiger partial charge is 0.313 e. The lowest BCUT2D eigenvalue weighted by molar-refractivity contribution is -0.136. The third-order valence-electron chi connectivity index (χ3n) is 4.46. The quantitative estimate of drug-likeness (QED) is 0.819. The van der Waals surface area contributed by atoms with Crippen LogP contribution >= 0.6 is 15.9 Å². The van der Waals surface area contributed by atoms with Crippen LogP contribution in [0.25, 0.3) is 0 Å². The minimum absolute atomic E-state index is 0.0624. The Balaban J connectivity index is 1.43. The average molecular weight is 351 g/mol. The molecule has 5 heteroatoms. The van der Waals surface area contributed by atoms with E-state index in [-0.39, 0.29) is 17.7 Å². The molecule has 21 heavy (non-hydrogen) atoms. The highest BCUT2D eigenvalue weighted by Crippen LogP contribution is 2.37. The van der Waals surface area contributed by atoms with E-state index in [0.29, 0.717) is 31.3 Å². The third kappa shape index (κ3) is 3.52. The highest BCUT2D eigenvalue weighted by Gasteiger charge is 2.32. The molecule has 2 N–H and O–H groups in total. The molecule has 0 spiro atoms. The number of benzene rings is 1. The molecule has 1 unspecified atom stereocenters. The van der Waals surface area contributed by atoms with Crippen molar-refractivity contribution in [3.63, 3.8) is 0 Å². The van der Waals surface area contributed by atoms with Gasteiger partial charge in [-0.1, -0.05) is 28.1 Å². The summed E-state index contributed by atoms with van der Waals surface area (Å²) in [5.41, 5.74) is 1.38. The normalized spacial score (nSPS) is 28.9. The zero-order chi connectivity index (χ0) is 14.8. The number of hydrogen-bond donors (Lipinski definition) is 2. The van der Waals surface area contributed by atoms with Gasteiger partial charge >= 0.3 is 0 Å². The van der Waals surface area contributed by atoms with Gasteiger partial charge in [0.15, 0.2) is 0 Å². The van der Waals surface area contributed by atoms with Crippen LogP contribution in [-0.2, 0) is 9.59 Å². The Hall–Kier alpha value is -1.20. The number of carbonyl (C=O) groups is 2. The van der Waals surface area contributed by atoms with Crippen LogP contribution in [0, 0.1) is 5.92 Å². The van der Waals surface area contributed by atoms with Crippen LogP contribution in [0.15, 0.2) is 28.7 Å². The number of nitrogens with one attached hydrogen (secondary N) is 2. The molecule has 3 rings (SSSR count). The summed E-state index contributed by atoms with van der Waals surface area (Å²) in [6, 6.07) is 8.96. The van der Waals surface area contributed by atoms with Gasteiger partial charge in [0.2, 0.25) is 11.8 Å². The number of hydrogen-bond acceptors (Lipinski definition) is 3. The van der Waals surface area contributed by atoms with Gasteiger partial charge in [0, 0.05) is 23.5 Å². The fourth-order valence-electron chi connectivity index (χ4n) is 3.06. The van der Waals surface area contributed by atoms with Crippen LogP contribution in [0.4, 0.5) is 0 Å². The summed E-state index contributed by atoms with van der Waals surface area (Å²) in [4.78, 5) is 22.8. The second-order valence-corrected chi connectivity index (χ2v) is 6.89. The van der Waals surface area contributed by atoms with Crippen molar-refractivity contribution in [2.75, 3.05) is 6.54 Å². The molecule has 1 aliphatic heterocycles. The fourth-order valence-corrected chi connectivity index (χ4v) is 3.48. The van der Waals surface area contributed by atoms with Gasteiger partial charge in [-0.05, 0) is 42.9 Å². The maximum absolute atomic E-state index is 11.7. The van der Waals surface area contributed by atoms with Crippen LogP contribution in [0.5, 0.6) is 0 Å². The molecular formula is C16H19BrN2O2. The van der Waals surface area contributed by atoms with Crippen molar-refractivity contribution >= 4 is 27.7 Å². The summed E-state index contributed by atoms with van der Waals surface area (Å²) in [6.07, 6.45) is 3.36. The van der Waals surface area contributed by atoms with Crippen molar-refractivity contribution in [3.05, 3.63) is 34.3 Å². The third-order valence-corrected chi connectivity index (χ3v) is 4.96. The Morgan fingerprint density at radius 2 is 2.10 bits per heavy atom. The minimum Gasteiger partial charge on any atom is -0.313 e. The molecule has 0 aromatic heterocycles. The highest BCUT2D eigenvalue weighted by molar-refractivity contribution is 9.10. The molecule has 2 amide bonds. The number of imide groups is 1. The number of amides is 2. The van der Waals surface area contributed by atoms with Crippen molar-refractivity contribution in [1.29, 1.82) is 0 Å². The lowest BCUT2D eigenvalue weighted by Crippen LogP contribution is -2.48. The summed E-state index contributed by atoms with van der Waals surface area (Å²) in [7, 11) is 0. The zero-order valence-electron chi connectivity index (χ0n) is 11.8. The van der Waals surface area contributed by atoms with Crippen molar-refractivity contribution < 1.29 is 9.59 Å². The Morgan fingerprint density at radius 3 is 2.81 bits per heavy atom. The van der Waals surface area contributed by atoms with Gasteiger partial charge < -0.3 is 5.32 Å². The van der Waals surface area contributed by atoms with E-state index in [0.717, 1.165) is 17.3 Å². The molecule has 1 heterocycles. The van der Waals surface area contributed by atoms with E-state index >= 15 is 0 Å². The van der Waals surface area contributed by atoms with E-state index in [2.05, 4.69) is 44.8 Å². The number of halogens is 1. The smallest absolute Gasteiger partial charge is 0.230 e. The first-order valence-electron chi connectivity index (χ1n) is 7.44. The molecule has 1 saturated heterocycles. The summed E-state index contributed by atoms with van der Waals surface area (Å²) >= 11 is 3.51. The predicted molar refractivity (Wildman–Crippen MR) is 83.8 cm³/mol. The molecule has 0 radical (unpaired) electrons. The lowest BCUT2D eigenvalue weighted by Gasteiger charge is -2.37. The van der Waals surface area contributed by atoms with Crippen molar-refractivity contribution in [2.24, 2.45) is 5.92 Å². The molecule has 2 aliphatic rings. The van der Waals surface area contributed by atoms with Gasteiger partial charge in [0.1, 0.15) is 0 Å². The molecular weight excluding hydrogens is 332 g/mol. The highest BCUT2D eigenvalue weighted by atomic mass is 79.9. The second kappa shape index (κ2) is 6.28. The maximum Gasteiger partial charge on any atom is 0.230 e. The van der Waals surface area contributed by atoms with E-state index in [1.807, 2.05) is 6.07 Å². The number of carbonyl (C=O) groups excluding carboxylic acids is 2. The first-order chi connectivity index (χ1) is 10.1. The maximum atomic E-state index is 11.7. The SMILES string of the molecule is O=C1CCC(CNC2CC(c3cccc(Br)c3)C2)C(=O)N1. The van der Waals surface area contributed by atoms with E-state index < -0.39 is 0 Å².